The SMILES string of the molecule is CN=C(NCC1(c2cccc(C(F)(F)F)c2)CCC1)NC1CCN(C(=O)OC)CC1. The van der Waals surface area contributed by atoms with Gasteiger partial charge in [-0.3, -0.25) is 4.99 Å². The fourth-order valence-electron chi connectivity index (χ4n) is 4.17. The van der Waals surface area contributed by atoms with Crippen LogP contribution in [-0.2, 0) is 16.3 Å². The number of guanidine groups is 1. The highest BCUT2D eigenvalue weighted by Crippen LogP contribution is 2.44. The van der Waals surface area contributed by atoms with Crippen LogP contribution in [0.3, 0.4) is 0 Å². The molecule has 0 bridgehead atoms. The molecule has 0 radical (unpaired) electrons. The number of piperidine rings is 1. The third-order valence-corrected chi connectivity index (χ3v) is 6.20. The number of ether oxygens (including phenoxy) is 1. The lowest BCUT2D eigenvalue weighted by Gasteiger charge is -2.43. The second-order valence-corrected chi connectivity index (χ2v) is 8.01. The number of hydrogen-bond acceptors (Lipinski definition) is 3. The summed E-state index contributed by atoms with van der Waals surface area (Å²) < 4.78 is 44.1. The third kappa shape index (κ3) is 4.99. The molecule has 1 aromatic rings. The third-order valence-electron chi connectivity index (χ3n) is 6.20. The fraction of sp³-hybridized carbons (Fsp3) is 0.619. The van der Waals surface area contributed by atoms with Crippen molar-refractivity contribution in [1.82, 2.24) is 15.5 Å². The monoisotopic (exact) mass is 426 g/mol. The molecular formula is C21H29F3N4O2. The Bertz CT molecular complexity index is 770. The lowest BCUT2D eigenvalue weighted by Crippen LogP contribution is -2.53. The van der Waals surface area contributed by atoms with E-state index in [-0.39, 0.29) is 17.6 Å². The summed E-state index contributed by atoms with van der Waals surface area (Å²) in [4.78, 5) is 17.5. The highest BCUT2D eigenvalue weighted by atomic mass is 19.4. The Balaban J connectivity index is 1.58. The maximum Gasteiger partial charge on any atom is 0.416 e. The summed E-state index contributed by atoms with van der Waals surface area (Å²) in [6, 6.07) is 5.84. The first kappa shape index (κ1) is 22.2. The largest absolute Gasteiger partial charge is 0.453 e. The van der Waals surface area contributed by atoms with Crippen molar-refractivity contribution in [2.75, 3.05) is 33.8 Å². The van der Waals surface area contributed by atoms with Crippen LogP contribution in [0.1, 0.15) is 43.2 Å². The number of nitrogens with one attached hydrogen (secondary N) is 2. The number of benzene rings is 1. The molecule has 1 amide bonds. The number of aliphatic imine (C=N–C) groups is 1. The van der Waals surface area contributed by atoms with Gasteiger partial charge in [0.15, 0.2) is 5.96 Å². The van der Waals surface area contributed by atoms with Gasteiger partial charge in [0.05, 0.1) is 12.7 Å². The number of nitrogens with zero attached hydrogens (tertiary/aromatic N) is 2. The summed E-state index contributed by atoms with van der Waals surface area (Å²) in [5, 5.41) is 6.68. The number of carbonyl (C=O) groups is 1. The predicted octanol–water partition coefficient (Wildman–Crippen LogP) is 3.52. The average Bonchev–Trinajstić information content (AvgIpc) is 2.71. The first-order valence-corrected chi connectivity index (χ1v) is 10.3. The maximum absolute atomic E-state index is 13.1. The van der Waals surface area contributed by atoms with Crippen LogP contribution in [-0.4, -0.2) is 56.8 Å². The number of amides is 1. The van der Waals surface area contributed by atoms with Gasteiger partial charge in [0.25, 0.3) is 0 Å². The van der Waals surface area contributed by atoms with Gasteiger partial charge >= 0.3 is 12.3 Å². The van der Waals surface area contributed by atoms with Gasteiger partial charge in [0.2, 0.25) is 0 Å². The van der Waals surface area contributed by atoms with Gasteiger partial charge in [-0.15, -0.1) is 0 Å². The zero-order valence-electron chi connectivity index (χ0n) is 17.4. The first-order valence-electron chi connectivity index (χ1n) is 10.3. The summed E-state index contributed by atoms with van der Waals surface area (Å²) in [5.74, 6) is 0.629. The number of rotatable bonds is 4. The molecule has 2 N–H and O–H groups in total. The van der Waals surface area contributed by atoms with Gasteiger partial charge in [-0.1, -0.05) is 24.6 Å². The molecule has 0 aromatic heterocycles. The van der Waals surface area contributed by atoms with E-state index in [1.54, 1.807) is 18.0 Å². The van der Waals surface area contributed by atoms with Crippen molar-refractivity contribution >= 4 is 12.1 Å². The molecule has 1 saturated heterocycles. The van der Waals surface area contributed by atoms with Gasteiger partial charge in [0, 0.05) is 38.1 Å². The molecule has 2 fully saturated rings. The Labute approximate surface area is 174 Å². The Morgan fingerprint density at radius 1 is 1.30 bits per heavy atom. The van der Waals surface area contributed by atoms with Crippen molar-refractivity contribution in [3.63, 3.8) is 0 Å². The Hall–Kier alpha value is -2.45. The van der Waals surface area contributed by atoms with E-state index in [1.807, 2.05) is 0 Å². The van der Waals surface area contributed by atoms with Crippen molar-refractivity contribution in [2.45, 2.75) is 49.7 Å². The van der Waals surface area contributed by atoms with Gasteiger partial charge in [0.1, 0.15) is 0 Å². The van der Waals surface area contributed by atoms with Crippen LogP contribution in [0.15, 0.2) is 29.3 Å². The highest BCUT2D eigenvalue weighted by molar-refractivity contribution is 5.80. The Morgan fingerprint density at radius 2 is 2.00 bits per heavy atom. The van der Waals surface area contributed by atoms with Gasteiger partial charge in [-0.2, -0.15) is 13.2 Å². The first-order chi connectivity index (χ1) is 14.3. The van der Waals surface area contributed by atoms with Crippen LogP contribution in [0, 0.1) is 0 Å². The minimum absolute atomic E-state index is 0.169. The van der Waals surface area contributed by atoms with Crippen LogP contribution in [0.5, 0.6) is 0 Å². The fourth-order valence-corrected chi connectivity index (χ4v) is 4.17. The van der Waals surface area contributed by atoms with Gasteiger partial charge in [-0.05, 0) is 37.3 Å². The summed E-state index contributed by atoms with van der Waals surface area (Å²) in [5.41, 5.74) is -0.198. The second-order valence-electron chi connectivity index (χ2n) is 8.01. The molecule has 1 saturated carbocycles. The molecule has 1 aromatic carbocycles. The number of carbonyl (C=O) groups excluding carboxylic acids is 1. The molecule has 0 atom stereocenters. The molecule has 166 valence electrons. The van der Waals surface area contributed by atoms with E-state index in [2.05, 4.69) is 15.6 Å². The number of likely N-dealkylation sites (tertiary alicyclic amines) is 1. The molecule has 1 aliphatic carbocycles. The Morgan fingerprint density at radius 3 is 2.53 bits per heavy atom. The number of hydrogen-bond donors (Lipinski definition) is 2. The molecule has 0 unspecified atom stereocenters. The molecular weight excluding hydrogens is 397 g/mol. The van der Waals surface area contributed by atoms with E-state index < -0.39 is 11.7 Å². The number of halogens is 3. The zero-order chi connectivity index (χ0) is 21.8. The lowest BCUT2D eigenvalue weighted by molar-refractivity contribution is -0.137. The van der Waals surface area contributed by atoms with E-state index in [0.717, 1.165) is 43.7 Å². The molecule has 6 nitrogen and oxygen atoms in total. The van der Waals surface area contributed by atoms with Crippen LogP contribution in [0.4, 0.5) is 18.0 Å². The van der Waals surface area contributed by atoms with E-state index in [9.17, 15) is 18.0 Å². The van der Waals surface area contributed by atoms with E-state index >= 15 is 0 Å². The van der Waals surface area contributed by atoms with Crippen molar-refractivity contribution in [1.29, 1.82) is 0 Å². The lowest BCUT2D eigenvalue weighted by atomic mass is 9.64. The van der Waals surface area contributed by atoms with Crippen LogP contribution in [0.2, 0.25) is 0 Å². The van der Waals surface area contributed by atoms with E-state index in [0.29, 0.717) is 25.6 Å². The minimum Gasteiger partial charge on any atom is -0.453 e. The van der Waals surface area contributed by atoms with Crippen molar-refractivity contribution in [3.8, 4) is 0 Å². The smallest absolute Gasteiger partial charge is 0.416 e. The van der Waals surface area contributed by atoms with Crippen molar-refractivity contribution < 1.29 is 22.7 Å². The zero-order valence-corrected chi connectivity index (χ0v) is 17.4. The normalized spacial score (nSPS) is 19.8. The number of alkyl halides is 3. The summed E-state index contributed by atoms with van der Waals surface area (Å²) in [6.07, 6.45) is -0.431. The summed E-state index contributed by atoms with van der Waals surface area (Å²) in [6.45, 7) is 1.74. The molecule has 3 rings (SSSR count). The quantitative estimate of drug-likeness (QED) is 0.571. The molecule has 30 heavy (non-hydrogen) atoms. The Kier molecular flexibility index (Phi) is 6.77. The standard InChI is InChI=1S/C21H29F3N4O2/c1-25-18(27-17-7-11-28(12-8-17)19(29)30-2)26-14-20(9-4-10-20)15-5-3-6-16(13-15)21(22,23)24/h3,5-6,13,17H,4,7-12,14H2,1-2H3,(H2,25,26,27). The van der Waals surface area contributed by atoms with Crippen molar-refractivity contribution in [2.24, 2.45) is 4.99 Å². The number of methoxy groups -OCH3 is 1. The summed E-state index contributed by atoms with van der Waals surface area (Å²) >= 11 is 0. The molecule has 9 heteroatoms. The summed E-state index contributed by atoms with van der Waals surface area (Å²) in [7, 11) is 3.05. The van der Waals surface area contributed by atoms with Gasteiger partial charge < -0.3 is 20.3 Å². The highest BCUT2D eigenvalue weighted by Gasteiger charge is 2.40. The molecule has 1 aliphatic heterocycles. The van der Waals surface area contributed by atoms with Crippen molar-refractivity contribution in [3.05, 3.63) is 35.4 Å². The maximum atomic E-state index is 13.1. The van der Waals surface area contributed by atoms with Crippen LogP contribution in [0.25, 0.3) is 0 Å². The van der Waals surface area contributed by atoms with Crippen LogP contribution < -0.4 is 10.6 Å². The molecule has 0 spiro atoms. The average molecular weight is 426 g/mol. The van der Waals surface area contributed by atoms with E-state index in [4.69, 9.17) is 4.74 Å². The van der Waals surface area contributed by atoms with Crippen LogP contribution >= 0.6 is 0 Å². The minimum atomic E-state index is -4.34. The van der Waals surface area contributed by atoms with E-state index in [1.165, 1.54) is 19.2 Å². The topological polar surface area (TPSA) is 66.0 Å². The van der Waals surface area contributed by atoms with Gasteiger partial charge in [-0.25, -0.2) is 4.79 Å². The molecule has 1 heterocycles. The second kappa shape index (κ2) is 9.14. The predicted molar refractivity (Wildman–Crippen MR) is 108 cm³/mol. The molecule has 2 aliphatic rings.